The molecular formula is C15H28O. The van der Waals surface area contributed by atoms with E-state index in [2.05, 4.69) is 13.0 Å². The van der Waals surface area contributed by atoms with E-state index in [0.717, 1.165) is 6.61 Å². The lowest BCUT2D eigenvalue weighted by molar-refractivity contribution is 0.182. The summed E-state index contributed by atoms with van der Waals surface area (Å²) in [6, 6.07) is 0. The van der Waals surface area contributed by atoms with Gasteiger partial charge in [-0.3, -0.25) is 0 Å². The van der Waals surface area contributed by atoms with Gasteiger partial charge in [0.1, 0.15) is 0 Å². The molecule has 0 radical (unpaired) electrons. The van der Waals surface area contributed by atoms with E-state index >= 15 is 0 Å². The molecule has 1 aliphatic heterocycles. The van der Waals surface area contributed by atoms with Crippen molar-refractivity contribution < 1.29 is 4.74 Å². The van der Waals surface area contributed by atoms with Crippen LogP contribution in [0.4, 0.5) is 0 Å². The second kappa shape index (κ2) is 9.74. The lowest BCUT2D eigenvalue weighted by Crippen LogP contribution is -2.00. The minimum Gasteiger partial charge on any atom is -0.498 e. The van der Waals surface area contributed by atoms with Crippen molar-refractivity contribution in [2.45, 2.75) is 77.6 Å². The van der Waals surface area contributed by atoms with E-state index in [1.165, 1.54) is 76.4 Å². The summed E-state index contributed by atoms with van der Waals surface area (Å²) in [6.07, 6.45) is 17.1. The Morgan fingerprint density at radius 3 is 2.31 bits per heavy atom. The van der Waals surface area contributed by atoms with Crippen molar-refractivity contribution in [1.82, 2.24) is 0 Å². The molecule has 0 N–H and O–H groups in total. The first kappa shape index (κ1) is 13.6. The van der Waals surface area contributed by atoms with Crippen molar-refractivity contribution in [3.63, 3.8) is 0 Å². The van der Waals surface area contributed by atoms with E-state index in [-0.39, 0.29) is 0 Å². The number of unbranched alkanes of at least 4 members (excludes halogenated alkanes) is 7. The fraction of sp³-hybridized carbons (Fsp3) is 0.867. The monoisotopic (exact) mass is 224 g/mol. The summed E-state index contributed by atoms with van der Waals surface area (Å²) in [4.78, 5) is 0. The molecule has 1 nitrogen and oxygen atoms in total. The first-order valence-corrected chi connectivity index (χ1v) is 7.25. The standard InChI is InChI=1S/C15H28O/c1-2-3-4-5-6-7-8-9-12-15-13-10-11-14-16-15/h13H,2-12,14H2,1H3. The van der Waals surface area contributed by atoms with E-state index in [0.29, 0.717) is 0 Å². The smallest absolute Gasteiger partial charge is 0.0919 e. The summed E-state index contributed by atoms with van der Waals surface area (Å²) < 4.78 is 5.60. The van der Waals surface area contributed by atoms with Crippen LogP contribution >= 0.6 is 0 Å². The Balaban J connectivity index is 1.82. The van der Waals surface area contributed by atoms with Crippen molar-refractivity contribution in [2.24, 2.45) is 0 Å². The molecule has 0 fully saturated rings. The van der Waals surface area contributed by atoms with Crippen LogP contribution in [-0.4, -0.2) is 6.61 Å². The van der Waals surface area contributed by atoms with Crippen LogP contribution in [-0.2, 0) is 4.74 Å². The molecule has 1 rings (SSSR count). The number of allylic oxidation sites excluding steroid dienone is 2. The first-order valence-electron chi connectivity index (χ1n) is 7.25. The highest BCUT2D eigenvalue weighted by Gasteiger charge is 2.03. The lowest BCUT2D eigenvalue weighted by Gasteiger charge is -2.14. The molecule has 0 aliphatic carbocycles. The van der Waals surface area contributed by atoms with Gasteiger partial charge in [-0.1, -0.05) is 51.9 Å². The second-order valence-electron chi connectivity index (χ2n) is 4.89. The maximum Gasteiger partial charge on any atom is 0.0919 e. The predicted molar refractivity (Wildman–Crippen MR) is 70.5 cm³/mol. The van der Waals surface area contributed by atoms with Crippen LogP contribution in [0.5, 0.6) is 0 Å². The van der Waals surface area contributed by atoms with Crippen LogP contribution < -0.4 is 0 Å². The summed E-state index contributed by atoms with van der Waals surface area (Å²) in [5, 5.41) is 0. The Morgan fingerprint density at radius 2 is 1.69 bits per heavy atom. The van der Waals surface area contributed by atoms with Gasteiger partial charge in [-0.15, -0.1) is 0 Å². The maximum atomic E-state index is 5.60. The fourth-order valence-corrected chi connectivity index (χ4v) is 2.22. The van der Waals surface area contributed by atoms with Crippen LogP contribution in [0, 0.1) is 0 Å². The highest BCUT2D eigenvalue weighted by atomic mass is 16.5. The molecule has 1 heteroatoms. The van der Waals surface area contributed by atoms with Gasteiger partial charge >= 0.3 is 0 Å². The van der Waals surface area contributed by atoms with Gasteiger partial charge in [-0.2, -0.15) is 0 Å². The van der Waals surface area contributed by atoms with Gasteiger partial charge in [0.05, 0.1) is 12.4 Å². The molecular weight excluding hydrogens is 196 g/mol. The largest absolute Gasteiger partial charge is 0.498 e. The Labute approximate surface area is 101 Å². The van der Waals surface area contributed by atoms with Crippen LogP contribution in [0.3, 0.4) is 0 Å². The van der Waals surface area contributed by atoms with E-state index in [1.54, 1.807) is 0 Å². The van der Waals surface area contributed by atoms with Gasteiger partial charge in [-0.25, -0.2) is 0 Å². The summed E-state index contributed by atoms with van der Waals surface area (Å²) >= 11 is 0. The second-order valence-corrected chi connectivity index (χ2v) is 4.89. The van der Waals surface area contributed by atoms with Gasteiger partial charge in [0.2, 0.25) is 0 Å². The minimum atomic E-state index is 0.947. The molecule has 0 atom stereocenters. The number of hydrogen-bond donors (Lipinski definition) is 0. The third-order valence-corrected chi connectivity index (χ3v) is 3.28. The molecule has 1 aliphatic rings. The molecule has 94 valence electrons. The fourth-order valence-electron chi connectivity index (χ4n) is 2.22. The first-order chi connectivity index (χ1) is 7.93. The van der Waals surface area contributed by atoms with Crippen molar-refractivity contribution >= 4 is 0 Å². The van der Waals surface area contributed by atoms with Crippen molar-refractivity contribution in [3.8, 4) is 0 Å². The molecule has 0 amide bonds. The highest BCUT2D eigenvalue weighted by molar-refractivity contribution is 4.95. The number of hydrogen-bond acceptors (Lipinski definition) is 1. The average Bonchev–Trinajstić information content (AvgIpc) is 2.34. The Kier molecular flexibility index (Phi) is 8.28. The van der Waals surface area contributed by atoms with E-state index in [4.69, 9.17) is 4.74 Å². The molecule has 0 saturated carbocycles. The zero-order chi connectivity index (χ0) is 11.5. The molecule has 0 aromatic rings. The van der Waals surface area contributed by atoms with E-state index < -0.39 is 0 Å². The number of rotatable bonds is 9. The third kappa shape index (κ3) is 6.92. The minimum absolute atomic E-state index is 0.947. The lowest BCUT2D eigenvalue weighted by atomic mass is 10.1. The molecule has 0 aromatic carbocycles. The predicted octanol–water partition coefficient (Wildman–Crippen LogP) is 5.21. The van der Waals surface area contributed by atoms with Crippen LogP contribution in [0.15, 0.2) is 11.8 Å². The Hall–Kier alpha value is -0.460. The zero-order valence-corrected chi connectivity index (χ0v) is 11.0. The van der Waals surface area contributed by atoms with Gasteiger partial charge in [0.25, 0.3) is 0 Å². The molecule has 0 aromatic heterocycles. The van der Waals surface area contributed by atoms with Crippen LogP contribution in [0.2, 0.25) is 0 Å². The normalized spacial score (nSPS) is 15.7. The molecule has 0 unspecified atom stereocenters. The summed E-state index contributed by atoms with van der Waals surface area (Å²) in [6.45, 7) is 3.22. The van der Waals surface area contributed by atoms with Crippen molar-refractivity contribution in [2.75, 3.05) is 6.61 Å². The van der Waals surface area contributed by atoms with Gasteiger partial charge in [0, 0.05) is 6.42 Å². The Bertz CT molecular complexity index is 184. The highest BCUT2D eigenvalue weighted by Crippen LogP contribution is 2.17. The topological polar surface area (TPSA) is 9.23 Å². The van der Waals surface area contributed by atoms with Crippen molar-refractivity contribution in [3.05, 3.63) is 11.8 Å². The van der Waals surface area contributed by atoms with Crippen LogP contribution in [0.1, 0.15) is 77.6 Å². The van der Waals surface area contributed by atoms with Gasteiger partial charge in [-0.05, 0) is 25.3 Å². The van der Waals surface area contributed by atoms with E-state index in [9.17, 15) is 0 Å². The number of ether oxygens (including phenoxy) is 1. The quantitative estimate of drug-likeness (QED) is 0.488. The molecule has 0 spiro atoms. The molecule has 1 heterocycles. The molecule has 16 heavy (non-hydrogen) atoms. The van der Waals surface area contributed by atoms with E-state index in [1.807, 2.05) is 0 Å². The SMILES string of the molecule is CCCCCCCCCCC1=CCCCO1. The average molecular weight is 224 g/mol. The van der Waals surface area contributed by atoms with Crippen molar-refractivity contribution in [1.29, 1.82) is 0 Å². The van der Waals surface area contributed by atoms with Gasteiger partial charge in [0.15, 0.2) is 0 Å². The Morgan fingerprint density at radius 1 is 1.00 bits per heavy atom. The zero-order valence-electron chi connectivity index (χ0n) is 11.0. The summed E-state index contributed by atoms with van der Waals surface area (Å²) in [5.74, 6) is 1.26. The summed E-state index contributed by atoms with van der Waals surface area (Å²) in [7, 11) is 0. The summed E-state index contributed by atoms with van der Waals surface area (Å²) in [5.41, 5.74) is 0. The maximum absolute atomic E-state index is 5.60. The molecule has 0 saturated heterocycles. The van der Waals surface area contributed by atoms with Crippen LogP contribution in [0.25, 0.3) is 0 Å². The van der Waals surface area contributed by atoms with Gasteiger partial charge < -0.3 is 4.74 Å². The molecule has 0 bridgehead atoms. The third-order valence-electron chi connectivity index (χ3n) is 3.28.